The van der Waals surface area contributed by atoms with Gasteiger partial charge in [0.1, 0.15) is 0 Å². The highest BCUT2D eigenvalue weighted by molar-refractivity contribution is 7.20. The summed E-state index contributed by atoms with van der Waals surface area (Å²) in [6, 6.07) is 2.77. The average Bonchev–Trinajstić information content (AvgIpc) is 3.22. The zero-order chi connectivity index (χ0) is 15.1. The second-order valence-corrected chi connectivity index (χ2v) is 7.75. The smallest absolute Gasteiger partial charge is 0.264 e. The number of hydrogen-bond donors (Lipinski definition) is 0. The normalized spacial score (nSPS) is 21.0. The van der Waals surface area contributed by atoms with E-state index in [9.17, 15) is 4.79 Å². The van der Waals surface area contributed by atoms with Crippen molar-refractivity contribution in [2.45, 2.75) is 31.7 Å². The van der Waals surface area contributed by atoms with Crippen LogP contribution in [-0.2, 0) is 0 Å². The zero-order valence-electron chi connectivity index (χ0n) is 13.1. The van der Waals surface area contributed by atoms with Crippen LogP contribution in [0.25, 0.3) is 10.1 Å². The third-order valence-corrected chi connectivity index (χ3v) is 6.17. The van der Waals surface area contributed by atoms with Crippen molar-refractivity contribution in [1.29, 1.82) is 0 Å². The van der Waals surface area contributed by atoms with Gasteiger partial charge in [-0.05, 0) is 26.0 Å². The van der Waals surface area contributed by atoms with Crippen molar-refractivity contribution in [2.24, 2.45) is 0 Å². The minimum absolute atomic E-state index is 0.210. The maximum absolute atomic E-state index is 12.6. The molecule has 0 spiro atoms. The van der Waals surface area contributed by atoms with Crippen LogP contribution in [0, 0.1) is 0 Å². The van der Waals surface area contributed by atoms with Crippen molar-refractivity contribution in [3.63, 3.8) is 0 Å². The fourth-order valence-corrected chi connectivity index (χ4v) is 4.68. The van der Waals surface area contributed by atoms with Crippen molar-refractivity contribution in [2.75, 3.05) is 33.2 Å². The zero-order valence-corrected chi connectivity index (χ0v) is 13.9. The maximum Gasteiger partial charge on any atom is 0.264 e. The summed E-state index contributed by atoms with van der Waals surface area (Å²) < 4.78 is 3.63. The fourth-order valence-electron chi connectivity index (χ4n) is 3.64. The summed E-state index contributed by atoms with van der Waals surface area (Å²) in [6.07, 6.45) is 9.79. The molecule has 2 aromatic heterocycles. The van der Waals surface area contributed by atoms with E-state index in [1.54, 1.807) is 11.3 Å². The van der Waals surface area contributed by atoms with E-state index in [0.717, 1.165) is 31.1 Å². The molecule has 2 aliphatic rings. The second kappa shape index (κ2) is 5.70. The number of amides is 1. The van der Waals surface area contributed by atoms with Gasteiger partial charge in [-0.2, -0.15) is 0 Å². The van der Waals surface area contributed by atoms with E-state index in [1.807, 2.05) is 4.90 Å². The molecule has 5 heteroatoms. The summed E-state index contributed by atoms with van der Waals surface area (Å²) >= 11 is 1.65. The van der Waals surface area contributed by atoms with Gasteiger partial charge in [0.2, 0.25) is 0 Å². The molecule has 1 saturated heterocycles. The van der Waals surface area contributed by atoms with E-state index in [0.29, 0.717) is 6.04 Å². The Morgan fingerprint density at radius 1 is 1.14 bits per heavy atom. The van der Waals surface area contributed by atoms with Crippen LogP contribution in [0.3, 0.4) is 0 Å². The summed E-state index contributed by atoms with van der Waals surface area (Å²) in [6.45, 7) is 3.65. The van der Waals surface area contributed by atoms with Gasteiger partial charge in [-0.25, -0.2) is 0 Å². The van der Waals surface area contributed by atoms with Crippen LogP contribution in [0.1, 0.15) is 41.4 Å². The number of carbonyl (C=O) groups is 1. The fraction of sp³-hybridized carbons (Fsp3) is 0.588. The quantitative estimate of drug-likeness (QED) is 0.851. The molecule has 3 heterocycles. The third-order valence-electron chi connectivity index (χ3n) is 5.09. The lowest BCUT2D eigenvalue weighted by Crippen LogP contribution is -2.46. The topological polar surface area (TPSA) is 28.5 Å². The SMILES string of the molecule is CN1CCN(C(=O)c2cc3cn(C4CCCC4)cc3s2)CC1. The van der Waals surface area contributed by atoms with Crippen LogP contribution >= 0.6 is 11.3 Å². The largest absolute Gasteiger partial charge is 0.349 e. The first-order chi connectivity index (χ1) is 10.7. The molecule has 0 radical (unpaired) electrons. The van der Waals surface area contributed by atoms with Crippen LogP contribution in [0.2, 0.25) is 0 Å². The van der Waals surface area contributed by atoms with Crippen molar-refractivity contribution >= 4 is 27.3 Å². The van der Waals surface area contributed by atoms with Crippen LogP contribution < -0.4 is 0 Å². The van der Waals surface area contributed by atoms with E-state index >= 15 is 0 Å². The molecule has 1 amide bonds. The Morgan fingerprint density at radius 2 is 1.86 bits per heavy atom. The van der Waals surface area contributed by atoms with Crippen molar-refractivity contribution in [3.8, 4) is 0 Å². The first-order valence-corrected chi connectivity index (χ1v) is 9.11. The van der Waals surface area contributed by atoms with Gasteiger partial charge < -0.3 is 14.4 Å². The van der Waals surface area contributed by atoms with Crippen LogP contribution in [0.15, 0.2) is 18.5 Å². The summed E-state index contributed by atoms with van der Waals surface area (Å²) in [5, 5.41) is 1.23. The predicted octanol–water partition coefficient (Wildman–Crippen LogP) is 3.21. The Labute approximate surface area is 135 Å². The van der Waals surface area contributed by atoms with Gasteiger partial charge in [0.15, 0.2) is 0 Å². The Morgan fingerprint density at radius 3 is 2.55 bits per heavy atom. The Bertz CT molecular complexity index is 644. The highest BCUT2D eigenvalue weighted by atomic mass is 32.1. The minimum atomic E-state index is 0.210. The van der Waals surface area contributed by atoms with Crippen molar-refractivity contribution in [1.82, 2.24) is 14.4 Å². The number of rotatable bonds is 2. The number of carbonyl (C=O) groups excluding carboxylic acids is 1. The van der Waals surface area contributed by atoms with Gasteiger partial charge in [-0.15, -0.1) is 11.3 Å². The van der Waals surface area contributed by atoms with Gasteiger partial charge in [0.25, 0.3) is 5.91 Å². The average molecular weight is 317 g/mol. The molecular weight excluding hydrogens is 294 g/mol. The standard InChI is InChI=1S/C17H23N3OS/c1-18-6-8-19(9-7-18)17(21)15-10-13-11-20(12-16(13)22-15)14-4-2-3-5-14/h10-12,14H,2-9H2,1H3. The number of likely N-dealkylation sites (N-methyl/N-ethyl adjacent to an activating group) is 1. The Kier molecular flexibility index (Phi) is 3.70. The lowest BCUT2D eigenvalue weighted by Gasteiger charge is -2.32. The number of hydrogen-bond acceptors (Lipinski definition) is 3. The van der Waals surface area contributed by atoms with E-state index in [2.05, 4.69) is 35.0 Å². The molecule has 0 aromatic carbocycles. The van der Waals surface area contributed by atoms with E-state index in [4.69, 9.17) is 0 Å². The molecule has 0 unspecified atom stereocenters. The molecule has 2 aromatic rings. The van der Waals surface area contributed by atoms with Crippen molar-refractivity contribution in [3.05, 3.63) is 23.3 Å². The molecule has 1 aliphatic heterocycles. The molecule has 4 rings (SSSR count). The molecule has 0 atom stereocenters. The van der Waals surface area contributed by atoms with Crippen molar-refractivity contribution < 1.29 is 4.79 Å². The van der Waals surface area contributed by atoms with E-state index in [-0.39, 0.29) is 5.91 Å². The summed E-state index contributed by atoms with van der Waals surface area (Å²) in [4.78, 5) is 17.8. The van der Waals surface area contributed by atoms with Gasteiger partial charge in [-0.3, -0.25) is 4.79 Å². The maximum atomic E-state index is 12.6. The molecular formula is C17H23N3OS. The number of thiophene rings is 1. The molecule has 22 heavy (non-hydrogen) atoms. The van der Waals surface area contributed by atoms with Gasteiger partial charge in [-0.1, -0.05) is 12.8 Å². The molecule has 118 valence electrons. The monoisotopic (exact) mass is 317 g/mol. The molecule has 1 saturated carbocycles. The van der Waals surface area contributed by atoms with Gasteiger partial charge in [0, 0.05) is 50.0 Å². The van der Waals surface area contributed by atoms with Crippen LogP contribution in [-0.4, -0.2) is 53.5 Å². The summed E-state index contributed by atoms with van der Waals surface area (Å²) in [5.41, 5.74) is 0. The minimum Gasteiger partial charge on any atom is -0.349 e. The van der Waals surface area contributed by atoms with E-state index < -0.39 is 0 Å². The molecule has 1 aliphatic carbocycles. The Balaban J connectivity index is 1.52. The second-order valence-electron chi connectivity index (χ2n) is 6.67. The number of fused-ring (bicyclic) bond motifs is 1. The molecule has 4 nitrogen and oxygen atoms in total. The predicted molar refractivity (Wildman–Crippen MR) is 90.7 cm³/mol. The first kappa shape index (κ1) is 14.3. The van der Waals surface area contributed by atoms with Crippen LogP contribution in [0.4, 0.5) is 0 Å². The Hall–Kier alpha value is -1.33. The lowest BCUT2D eigenvalue weighted by molar-refractivity contribution is 0.0669. The van der Waals surface area contributed by atoms with Gasteiger partial charge in [0.05, 0.1) is 9.58 Å². The third kappa shape index (κ3) is 2.57. The number of aromatic nitrogens is 1. The van der Waals surface area contributed by atoms with E-state index in [1.165, 1.54) is 35.8 Å². The first-order valence-electron chi connectivity index (χ1n) is 8.29. The molecule has 0 N–H and O–H groups in total. The number of nitrogens with zero attached hydrogens (tertiary/aromatic N) is 3. The molecule has 2 fully saturated rings. The molecule has 0 bridgehead atoms. The number of piperazine rings is 1. The highest BCUT2D eigenvalue weighted by Crippen LogP contribution is 2.34. The summed E-state index contributed by atoms with van der Waals surface area (Å²) in [7, 11) is 2.11. The lowest BCUT2D eigenvalue weighted by atomic mass is 10.2. The highest BCUT2D eigenvalue weighted by Gasteiger charge is 2.23. The van der Waals surface area contributed by atoms with Gasteiger partial charge >= 0.3 is 0 Å². The van der Waals surface area contributed by atoms with Crippen LogP contribution in [0.5, 0.6) is 0 Å². The summed E-state index contributed by atoms with van der Waals surface area (Å²) in [5.74, 6) is 0.210.